The lowest BCUT2D eigenvalue weighted by Gasteiger charge is -2.08. The summed E-state index contributed by atoms with van der Waals surface area (Å²) in [7, 11) is 0. The molecule has 6 nitrogen and oxygen atoms in total. The van der Waals surface area contributed by atoms with Gasteiger partial charge >= 0.3 is 5.97 Å². The molecular formula is C23H28N4O2. The van der Waals surface area contributed by atoms with Crippen LogP contribution in [0.5, 0.6) is 0 Å². The monoisotopic (exact) mass is 392 g/mol. The zero-order valence-corrected chi connectivity index (χ0v) is 17.1. The topological polar surface area (TPSA) is 80.9 Å². The highest BCUT2D eigenvalue weighted by Gasteiger charge is 2.14. The molecule has 0 atom stereocenters. The van der Waals surface area contributed by atoms with Gasteiger partial charge in [-0.25, -0.2) is 19.4 Å². The third kappa shape index (κ3) is 5.28. The van der Waals surface area contributed by atoms with Crippen LogP contribution >= 0.6 is 0 Å². The van der Waals surface area contributed by atoms with Crippen LogP contribution in [-0.2, 0) is 19.4 Å². The van der Waals surface area contributed by atoms with Crippen molar-refractivity contribution in [2.24, 2.45) is 0 Å². The first-order valence-corrected chi connectivity index (χ1v) is 10.3. The van der Waals surface area contributed by atoms with Gasteiger partial charge in [-0.15, -0.1) is 0 Å². The van der Waals surface area contributed by atoms with Crippen molar-refractivity contribution in [3.8, 4) is 11.1 Å². The molecule has 0 aliphatic heterocycles. The Balaban J connectivity index is 1.81. The predicted molar refractivity (Wildman–Crippen MR) is 113 cm³/mol. The summed E-state index contributed by atoms with van der Waals surface area (Å²) in [6.45, 7) is 5.24. The summed E-state index contributed by atoms with van der Waals surface area (Å²) in [6.07, 6.45) is 7.57. The van der Waals surface area contributed by atoms with Gasteiger partial charge in [-0.2, -0.15) is 5.10 Å². The average Bonchev–Trinajstić information content (AvgIpc) is 3.12. The summed E-state index contributed by atoms with van der Waals surface area (Å²) >= 11 is 0. The Morgan fingerprint density at radius 2 is 1.83 bits per heavy atom. The first-order chi connectivity index (χ1) is 14.1. The minimum Gasteiger partial charge on any atom is -0.476 e. The van der Waals surface area contributed by atoms with E-state index in [1.165, 1.54) is 6.20 Å². The number of carboxylic acid groups (broad SMARTS) is 1. The van der Waals surface area contributed by atoms with Crippen molar-refractivity contribution in [2.75, 3.05) is 0 Å². The normalized spacial score (nSPS) is 11.0. The molecule has 1 N–H and O–H groups in total. The molecule has 1 aromatic carbocycles. The molecule has 0 spiro atoms. The predicted octanol–water partition coefficient (Wildman–Crippen LogP) is 4.77. The van der Waals surface area contributed by atoms with E-state index in [-0.39, 0.29) is 5.69 Å². The molecule has 3 rings (SSSR count). The number of aryl methyl sites for hydroxylation is 2. The molecule has 3 aromatic rings. The minimum atomic E-state index is -1.02. The summed E-state index contributed by atoms with van der Waals surface area (Å²) in [4.78, 5) is 20.2. The molecule has 0 unspecified atom stereocenters. The third-order valence-electron chi connectivity index (χ3n) is 4.91. The molecule has 0 aliphatic carbocycles. The van der Waals surface area contributed by atoms with E-state index in [2.05, 4.69) is 18.8 Å². The standard InChI is InChI=1S/C23H28N4O2/c1-3-5-9-20-25-21(27(26-20)15-6-4-2)16-17-10-12-18(13-11-17)19-8-7-14-24-22(19)23(28)29/h7-8,10-14H,3-6,9,15-16H2,1-2H3,(H,28,29). The Bertz CT molecular complexity index is 948. The van der Waals surface area contributed by atoms with Gasteiger partial charge in [-0.3, -0.25) is 0 Å². The number of rotatable bonds is 10. The van der Waals surface area contributed by atoms with Gasteiger partial charge in [-0.1, -0.05) is 57.0 Å². The highest BCUT2D eigenvalue weighted by atomic mass is 16.4. The van der Waals surface area contributed by atoms with Crippen LogP contribution in [0.2, 0.25) is 0 Å². The zero-order valence-electron chi connectivity index (χ0n) is 17.1. The maximum absolute atomic E-state index is 11.4. The number of benzene rings is 1. The lowest BCUT2D eigenvalue weighted by atomic mass is 10.0. The van der Waals surface area contributed by atoms with E-state index in [9.17, 15) is 9.90 Å². The van der Waals surface area contributed by atoms with Crippen LogP contribution in [0, 0.1) is 0 Å². The summed E-state index contributed by atoms with van der Waals surface area (Å²) in [5.41, 5.74) is 2.66. The molecule has 0 aliphatic rings. The van der Waals surface area contributed by atoms with Gasteiger partial charge in [0.1, 0.15) is 5.82 Å². The molecule has 0 bridgehead atoms. The van der Waals surface area contributed by atoms with E-state index >= 15 is 0 Å². The number of carboxylic acids is 1. The summed E-state index contributed by atoms with van der Waals surface area (Å²) in [6, 6.07) is 11.5. The highest BCUT2D eigenvalue weighted by Crippen LogP contribution is 2.23. The number of aromatic carboxylic acids is 1. The highest BCUT2D eigenvalue weighted by molar-refractivity contribution is 5.93. The van der Waals surface area contributed by atoms with Crippen LogP contribution < -0.4 is 0 Å². The zero-order chi connectivity index (χ0) is 20.6. The number of pyridine rings is 1. The van der Waals surface area contributed by atoms with Crippen molar-refractivity contribution in [3.05, 3.63) is 65.5 Å². The number of carbonyl (C=O) groups is 1. The van der Waals surface area contributed by atoms with Crippen LogP contribution in [0.3, 0.4) is 0 Å². The summed E-state index contributed by atoms with van der Waals surface area (Å²) in [5, 5.41) is 14.1. The first-order valence-electron chi connectivity index (χ1n) is 10.3. The van der Waals surface area contributed by atoms with E-state index in [0.29, 0.717) is 12.0 Å². The van der Waals surface area contributed by atoms with Gasteiger partial charge in [0.25, 0.3) is 0 Å². The molecule has 29 heavy (non-hydrogen) atoms. The number of nitrogens with zero attached hydrogens (tertiary/aromatic N) is 4. The second kappa shape index (κ2) is 9.96. The van der Waals surface area contributed by atoms with Crippen molar-refractivity contribution >= 4 is 5.97 Å². The number of hydrogen-bond donors (Lipinski definition) is 1. The minimum absolute atomic E-state index is 0.0696. The van der Waals surface area contributed by atoms with Gasteiger partial charge in [0.05, 0.1) is 0 Å². The van der Waals surface area contributed by atoms with Crippen LogP contribution in [0.15, 0.2) is 42.6 Å². The van der Waals surface area contributed by atoms with Gasteiger partial charge in [0, 0.05) is 31.1 Å². The lowest BCUT2D eigenvalue weighted by Crippen LogP contribution is -2.06. The van der Waals surface area contributed by atoms with Crippen molar-refractivity contribution in [1.82, 2.24) is 19.7 Å². The van der Waals surface area contributed by atoms with Crippen molar-refractivity contribution in [2.45, 2.75) is 58.9 Å². The van der Waals surface area contributed by atoms with Gasteiger partial charge in [0.15, 0.2) is 11.5 Å². The average molecular weight is 393 g/mol. The van der Waals surface area contributed by atoms with Gasteiger partial charge in [-0.05, 0) is 30.0 Å². The molecule has 2 heterocycles. The van der Waals surface area contributed by atoms with Crippen LogP contribution in [0.25, 0.3) is 11.1 Å². The van der Waals surface area contributed by atoms with Gasteiger partial charge < -0.3 is 5.11 Å². The largest absolute Gasteiger partial charge is 0.476 e. The molecule has 0 saturated carbocycles. The molecule has 0 amide bonds. The molecule has 6 heteroatoms. The number of aromatic nitrogens is 4. The van der Waals surface area contributed by atoms with E-state index in [4.69, 9.17) is 10.1 Å². The molecular weight excluding hydrogens is 364 g/mol. The number of hydrogen-bond acceptors (Lipinski definition) is 4. The Morgan fingerprint density at radius 3 is 2.52 bits per heavy atom. The van der Waals surface area contributed by atoms with Crippen LogP contribution in [-0.4, -0.2) is 30.8 Å². The molecule has 0 fully saturated rings. The number of unbranched alkanes of at least 4 members (excludes halogenated alkanes) is 2. The van der Waals surface area contributed by atoms with E-state index in [1.54, 1.807) is 12.1 Å². The van der Waals surface area contributed by atoms with Crippen LogP contribution in [0.1, 0.15) is 67.2 Å². The Kier molecular flexibility index (Phi) is 7.11. The molecule has 0 saturated heterocycles. The Hall–Kier alpha value is -3.02. The van der Waals surface area contributed by atoms with Crippen molar-refractivity contribution in [1.29, 1.82) is 0 Å². The smallest absolute Gasteiger partial charge is 0.355 e. The molecule has 152 valence electrons. The maximum Gasteiger partial charge on any atom is 0.355 e. The second-order valence-corrected chi connectivity index (χ2v) is 7.20. The fourth-order valence-corrected chi connectivity index (χ4v) is 3.28. The molecule has 2 aromatic heterocycles. The van der Waals surface area contributed by atoms with Crippen molar-refractivity contribution < 1.29 is 9.90 Å². The summed E-state index contributed by atoms with van der Waals surface area (Å²) in [5.74, 6) is 0.897. The van der Waals surface area contributed by atoms with E-state index in [1.807, 2.05) is 28.9 Å². The maximum atomic E-state index is 11.4. The van der Waals surface area contributed by atoms with E-state index < -0.39 is 5.97 Å². The van der Waals surface area contributed by atoms with Crippen molar-refractivity contribution in [3.63, 3.8) is 0 Å². The fraction of sp³-hybridized carbons (Fsp3) is 0.391. The van der Waals surface area contributed by atoms with Gasteiger partial charge in [0.2, 0.25) is 0 Å². The van der Waals surface area contributed by atoms with E-state index in [0.717, 1.165) is 61.4 Å². The van der Waals surface area contributed by atoms with Crippen LogP contribution in [0.4, 0.5) is 0 Å². The quantitative estimate of drug-likeness (QED) is 0.537. The third-order valence-corrected chi connectivity index (χ3v) is 4.91. The fourth-order valence-electron chi connectivity index (χ4n) is 3.28. The lowest BCUT2D eigenvalue weighted by molar-refractivity contribution is 0.0691. The molecule has 0 radical (unpaired) electrons. The second-order valence-electron chi connectivity index (χ2n) is 7.20. The Labute approximate surface area is 171 Å². The SMILES string of the molecule is CCCCc1nc(Cc2ccc(-c3cccnc3C(=O)O)cc2)n(CCCC)n1. The Morgan fingerprint density at radius 1 is 1.07 bits per heavy atom. The summed E-state index contributed by atoms with van der Waals surface area (Å²) < 4.78 is 2.05. The first kappa shape index (κ1) is 20.7.